The van der Waals surface area contributed by atoms with Crippen LogP contribution in [0.2, 0.25) is 5.02 Å². The molecule has 2 rings (SSSR count). The van der Waals surface area contributed by atoms with E-state index in [9.17, 15) is 0 Å². The lowest BCUT2D eigenvalue weighted by Gasteiger charge is -1.92. The molecule has 0 radical (unpaired) electrons. The summed E-state index contributed by atoms with van der Waals surface area (Å²) >= 11 is 6.90. The number of pyridine rings is 1. The van der Waals surface area contributed by atoms with Crippen molar-refractivity contribution in [3.63, 3.8) is 0 Å². The van der Waals surface area contributed by atoms with Crippen LogP contribution in [0.25, 0.3) is 10.7 Å². The predicted octanol–water partition coefficient (Wildman–Crippen LogP) is 1.84. The normalized spacial score (nSPS) is 10.2. The third-order valence-electron chi connectivity index (χ3n) is 1.39. The molecular formula is C7H5ClN4S. The molecule has 0 atom stereocenters. The molecule has 0 bridgehead atoms. The van der Waals surface area contributed by atoms with Crippen LogP contribution in [0.5, 0.6) is 0 Å². The molecule has 4 nitrogen and oxygen atoms in total. The number of aromatic nitrogens is 3. The van der Waals surface area contributed by atoms with Gasteiger partial charge in [-0.1, -0.05) is 11.6 Å². The van der Waals surface area contributed by atoms with Crippen LogP contribution in [0.1, 0.15) is 0 Å². The van der Waals surface area contributed by atoms with Crippen molar-refractivity contribution in [1.82, 2.24) is 14.3 Å². The van der Waals surface area contributed by atoms with Crippen LogP contribution in [-0.4, -0.2) is 14.3 Å². The minimum atomic E-state index is 0.275. The van der Waals surface area contributed by atoms with E-state index in [2.05, 4.69) is 14.3 Å². The molecule has 0 aromatic carbocycles. The highest BCUT2D eigenvalue weighted by molar-refractivity contribution is 7.09. The molecule has 2 aromatic rings. The Morgan fingerprint density at radius 2 is 2.23 bits per heavy atom. The molecule has 0 saturated carbocycles. The lowest BCUT2D eigenvalue weighted by atomic mass is 10.4. The van der Waals surface area contributed by atoms with Gasteiger partial charge in [0.15, 0.2) is 5.01 Å². The molecular weight excluding hydrogens is 208 g/mol. The van der Waals surface area contributed by atoms with Crippen molar-refractivity contribution < 1.29 is 0 Å². The van der Waals surface area contributed by atoms with E-state index < -0.39 is 0 Å². The number of nitrogen functional groups attached to an aromatic ring is 1. The number of hydrogen-bond donors (Lipinski definition) is 1. The summed E-state index contributed by atoms with van der Waals surface area (Å²) in [7, 11) is 0. The molecule has 0 aliphatic carbocycles. The molecule has 6 heteroatoms. The molecule has 0 saturated heterocycles. The molecule has 13 heavy (non-hydrogen) atoms. The van der Waals surface area contributed by atoms with E-state index in [-0.39, 0.29) is 5.95 Å². The van der Waals surface area contributed by atoms with Gasteiger partial charge in [0.1, 0.15) is 5.69 Å². The van der Waals surface area contributed by atoms with Gasteiger partial charge in [-0.3, -0.25) is 4.98 Å². The molecule has 0 unspecified atom stereocenters. The Morgan fingerprint density at radius 3 is 2.77 bits per heavy atom. The van der Waals surface area contributed by atoms with Gasteiger partial charge in [0.05, 0.1) is 5.02 Å². The topological polar surface area (TPSA) is 64.7 Å². The fraction of sp³-hybridized carbons (Fsp3) is 0. The summed E-state index contributed by atoms with van der Waals surface area (Å²) in [6.07, 6.45) is 1.56. The highest BCUT2D eigenvalue weighted by Crippen LogP contribution is 2.20. The van der Waals surface area contributed by atoms with Crippen molar-refractivity contribution in [3.05, 3.63) is 23.4 Å². The standard InChI is InChI=1S/C7H5ClN4S/c8-4-1-2-5(10-3-4)6-11-7(9)12-13-6/h1-3H,(H2,9,12). The lowest BCUT2D eigenvalue weighted by Crippen LogP contribution is -1.86. The van der Waals surface area contributed by atoms with E-state index in [0.717, 1.165) is 5.69 Å². The minimum absolute atomic E-state index is 0.275. The first-order valence-corrected chi connectivity index (χ1v) is 4.62. The molecule has 2 N–H and O–H groups in total. The summed E-state index contributed by atoms with van der Waals surface area (Å²) in [6, 6.07) is 3.53. The maximum Gasteiger partial charge on any atom is 0.232 e. The Bertz CT molecular complexity index is 411. The second kappa shape index (κ2) is 3.27. The van der Waals surface area contributed by atoms with Crippen LogP contribution in [0.15, 0.2) is 18.3 Å². The van der Waals surface area contributed by atoms with Gasteiger partial charge in [-0.05, 0) is 23.7 Å². The van der Waals surface area contributed by atoms with Crippen molar-refractivity contribution in [2.45, 2.75) is 0 Å². The van der Waals surface area contributed by atoms with Crippen LogP contribution in [0.4, 0.5) is 5.95 Å². The zero-order valence-electron chi connectivity index (χ0n) is 6.44. The first-order valence-electron chi connectivity index (χ1n) is 3.47. The third kappa shape index (κ3) is 1.76. The van der Waals surface area contributed by atoms with E-state index in [4.69, 9.17) is 17.3 Å². The largest absolute Gasteiger partial charge is 0.367 e. The van der Waals surface area contributed by atoms with Gasteiger partial charge in [-0.2, -0.15) is 9.36 Å². The maximum atomic E-state index is 5.68. The minimum Gasteiger partial charge on any atom is -0.367 e. The van der Waals surface area contributed by atoms with Crippen LogP contribution >= 0.6 is 23.1 Å². The van der Waals surface area contributed by atoms with Gasteiger partial charge >= 0.3 is 0 Å². The Balaban J connectivity index is 2.41. The quantitative estimate of drug-likeness (QED) is 0.784. The monoisotopic (exact) mass is 212 g/mol. The van der Waals surface area contributed by atoms with Crippen molar-refractivity contribution in [2.24, 2.45) is 0 Å². The van der Waals surface area contributed by atoms with Gasteiger partial charge in [-0.15, -0.1) is 0 Å². The van der Waals surface area contributed by atoms with Crippen molar-refractivity contribution in [2.75, 3.05) is 5.73 Å². The van der Waals surface area contributed by atoms with E-state index in [0.29, 0.717) is 10.0 Å². The van der Waals surface area contributed by atoms with Crippen molar-refractivity contribution >= 4 is 29.1 Å². The molecule has 2 aromatic heterocycles. The van der Waals surface area contributed by atoms with Crippen LogP contribution in [0, 0.1) is 0 Å². The van der Waals surface area contributed by atoms with E-state index in [1.54, 1.807) is 18.3 Å². The zero-order valence-corrected chi connectivity index (χ0v) is 8.01. The molecule has 0 fully saturated rings. The number of anilines is 1. The zero-order chi connectivity index (χ0) is 9.26. The SMILES string of the molecule is Nc1nsc(-c2ccc(Cl)cn2)n1. The van der Waals surface area contributed by atoms with Gasteiger partial charge in [-0.25, -0.2) is 0 Å². The van der Waals surface area contributed by atoms with Crippen LogP contribution in [-0.2, 0) is 0 Å². The molecule has 0 spiro atoms. The van der Waals surface area contributed by atoms with Crippen LogP contribution < -0.4 is 5.73 Å². The highest BCUT2D eigenvalue weighted by atomic mass is 35.5. The second-order valence-corrected chi connectivity index (χ2v) is 3.51. The predicted molar refractivity (Wildman–Crippen MR) is 52.6 cm³/mol. The lowest BCUT2D eigenvalue weighted by molar-refractivity contribution is 1.28. The molecule has 66 valence electrons. The Hall–Kier alpha value is -1.20. The van der Waals surface area contributed by atoms with E-state index in [1.165, 1.54) is 11.5 Å². The van der Waals surface area contributed by atoms with Crippen molar-refractivity contribution in [3.8, 4) is 10.7 Å². The fourth-order valence-electron chi connectivity index (χ4n) is 0.841. The number of rotatable bonds is 1. The summed E-state index contributed by atoms with van der Waals surface area (Å²) in [5.74, 6) is 0.275. The Kier molecular flexibility index (Phi) is 2.12. The highest BCUT2D eigenvalue weighted by Gasteiger charge is 2.04. The molecule has 2 heterocycles. The summed E-state index contributed by atoms with van der Waals surface area (Å²) in [4.78, 5) is 8.07. The summed E-state index contributed by atoms with van der Waals surface area (Å²) < 4.78 is 3.85. The summed E-state index contributed by atoms with van der Waals surface area (Å²) in [5.41, 5.74) is 6.12. The maximum absolute atomic E-state index is 5.68. The smallest absolute Gasteiger partial charge is 0.232 e. The number of halogens is 1. The molecule has 0 aliphatic rings. The second-order valence-electron chi connectivity index (χ2n) is 2.32. The third-order valence-corrected chi connectivity index (χ3v) is 2.36. The van der Waals surface area contributed by atoms with Gasteiger partial charge < -0.3 is 5.73 Å². The average molecular weight is 213 g/mol. The first-order chi connectivity index (χ1) is 6.25. The Morgan fingerprint density at radius 1 is 1.38 bits per heavy atom. The van der Waals surface area contributed by atoms with Crippen molar-refractivity contribution in [1.29, 1.82) is 0 Å². The number of nitrogens with two attached hydrogens (primary N) is 1. The fourth-order valence-corrected chi connectivity index (χ4v) is 1.52. The van der Waals surface area contributed by atoms with Gasteiger partial charge in [0.2, 0.25) is 5.95 Å². The number of nitrogens with zero attached hydrogens (tertiary/aromatic N) is 3. The Labute approximate surface area is 83.6 Å². The number of hydrogen-bond acceptors (Lipinski definition) is 5. The molecule has 0 aliphatic heterocycles. The average Bonchev–Trinajstić information content (AvgIpc) is 2.53. The summed E-state index contributed by atoms with van der Waals surface area (Å²) in [5, 5.41) is 1.30. The van der Waals surface area contributed by atoms with E-state index in [1.807, 2.05) is 0 Å². The van der Waals surface area contributed by atoms with Gasteiger partial charge in [0.25, 0.3) is 0 Å². The van der Waals surface area contributed by atoms with Gasteiger partial charge in [0, 0.05) is 6.20 Å². The van der Waals surface area contributed by atoms with Crippen LogP contribution in [0.3, 0.4) is 0 Å². The molecule has 0 amide bonds. The van der Waals surface area contributed by atoms with E-state index >= 15 is 0 Å². The first kappa shape index (κ1) is 8.40. The summed E-state index contributed by atoms with van der Waals surface area (Å²) in [6.45, 7) is 0.